The first kappa shape index (κ1) is 12.9. The third kappa shape index (κ3) is 4.16. The van der Waals surface area contributed by atoms with E-state index in [0.29, 0.717) is 15.8 Å². The highest BCUT2D eigenvalue weighted by molar-refractivity contribution is 14.1. The summed E-state index contributed by atoms with van der Waals surface area (Å²) in [5.41, 5.74) is 0.592. The van der Waals surface area contributed by atoms with Gasteiger partial charge in [0.25, 0.3) is 0 Å². The molecular formula is C11H10FIN2O. The van der Waals surface area contributed by atoms with Crippen molar-refractivity contribution < 1.29 is 9.18 Å². The fourth-order valence-corrected chi connectivity index (χ4v) is 1.65. The first-order valence-corrected chi connectivity index (χ1v) is 5.60. The van der Waals surface area contributed by atoms with Crippen LogP contribution in [0.3, 0.4) is 0 Å². The zero-order valence-electron chi connectivity index (χ0n) is 8.39. The maximum absolute atomic E-state index is 12.8. The monoisotopic (exact) mass is 332 g/mol. The van der Waals surface area contributed by atoms with E-state index >= 15 is 0 Å². The third-order valence-electron chi connectivity index (χ3n) is 1.72. The molecule has 5 heteroatoms. The lowest BCUT2D eigenvalue weighted by Crippen LogP contribution is -2.28. The van der Waals surface area contributed by atoms with E-state index in [-0.39, 0.29) is 18.3 Å². The van der Waals surface area contributed by atoms with Crippen molar-refractivity contribution in [2.45, 2.75) is 0 Å². The second-order valence-electron chi connectivity index (χ2n) is 2.98. The Morgan fingerprint density at radius 2 is 2.31 bits per heavy atom. The summed E-state index contributed by atoms with van der Waals surface area (Å²) >= 11 is 1.96. The summed E-state index contributed by atoms with van der Waals surface area (Å²) in [6, 6.07) is 4.17. The Bertz CT molecular complexity index is 428. The number of anilines is 1. The molecule has 1 aromatic carbocycles. The molecule has 0 unspecified atom stereocenters. The van der Waals surface area contributed by atoms with E-state index in [9.17, 15) is 9.18 Å². The molecule has 0 bridgehead atoms. The van der Waals surface area contributed by atoms with Gasteiger partial charge < -0.3 is 5.32 Å². The molecule has 0 heterocycles. The highest BCUT2D eigenvalue weighted by atomic mass is 127. The number of nitrogens with one attached hydrogen (secondary N) is 2. The van der Waals surface area contributed by atoms with E-state index in [4.69, 9.17) is 6.42 Å². The molecule has 0 aliphatic heterocycles. The molecule has 0 saturated heterocycles. The van der Waals surface area contributed by atoms with E-state index in [1.165, 1.54) is 18.2 Å². The highest BCUT2D eigenvalue weighted by Crippen LogP contribution is 2.18. The Morgan fingerprint density at radius 1 is 1.56 bits per heavy atom. The van der Waals surface area contributed by atoms with Crippen LogP contribution in [0.5, 0.6) is 0 Å². The van der Waals surface area contributed by atoms with Crippen LogP contribution >= 0.6 is 22.6 Å². The van der Waals surface area contributed by atoms with Crippen molar-refractivity contribution in [3.05, 3.63) is 27.6 Å². The molecule has 0 aromatic heterocycles. The minimum Gasteiger partial charge on any atom is -0.324 e. The van der Waals surface area contributed by atoms with E-state index in [2.05, 4.69) is 16.6 Å². The maximum atomic E-state index is 12.8. The molecule has 0 aliphatic rings. The summed E-state index contributed by atoms with van der Waals surface area (Å²) < 4.78 is 13.4. The lowest BCUT2D eigenvalue weighted by atomic mass is 10.3. The topological polar surface area (TPSA) is 41.1 Å². The molecular weight excluding hydrogens is 322 g/mol. The molecule has 0 spiro atoms. The van der Waals surface area contributed by atoms with Crippen LogP contribution in [0.4, 0.5) is 10.1 Å². The number of terminal acetylenes is 1. The van der Waals surface area contributed by atoms with Crippen LogP contribution in [0, 0.1) is 21.7 Å². The Labute approximate surface area is 107 Å². The average Bonchev–Trinajstić information content (AvgIpc) is 2.23. The third-order valence-corrected chi connectivity index (χ3v) is 2.61. The number of carbonyl (C=O) groups is 1. The molecule has 0 saturated carbocycles. The number of carbonyl (C=O) groups excluding carboxylic acids is 1. The van der Waals surface area contributed by atoms with Crippen LogP contribution in [-0.4, -0.2) is 19.0 Å². The van der Waals surface area contributed by atoms with Gasteiger partial charge in [-0.05, 0) is 40.8 Å². The molecule has 0 atom stereocenters. The van der Waals surface area contributed by atoms with Gasteiger partial charge in [0.15, 0.2) is 0 Å². The molecule has 0 radical (unpaired) electrons. The smallest absolute Gasteiger partial charge is 0.238 e. The van der Waals surface area contributed by atoms with E-state index in [1.807, 2.05) is 22.6 Å². The van der Waals surface area contributed by atoms with Gasteiger partial charge in [0.05, 0.1) is 18.8 Å². The summed E-state index contributed by atoms with van der Waals surface area (Å²) in [5, 5.41) is 5.41. The number of amides is 1. The van der Waals surface area contributed by atoms with E-state index in [1.54, 1.807) is 0 Å². The van der Waals surface area contributed by atoms with Gasteiger partial charge in [-0.25, -0.2) is 4.39 Å². The number of hydrogen-bond donors (Lipinski definition) is 2. The summed E-state index contributed by atoms with van der Waals surface area (Å²) in [6.07, 6.45) is 5.02. The Hall–Kier alpha value is -1.13. The zero-order chi connectivity index (χ0) is 12.0. The second kappa shape index (κ2) is 6.45. The fraction of sp³-hybridized carbons (Fsp3) is 0.182. The highest BCUT2D eigenvalue weighted by Gasteiger charge is 2.05. The Kier molecular flexibility index (Phi) is 5.22. The summed E-state index contributed by atoms with van der Waals surface area (Å²) in [6.45, 7) is 0.478. The van der Waals surface area contributed by atoms with Gasteiger partial charge in [-0.15, -0.1) is 6.42 Å². The van der Waals surface area contributed by atoms with Crippen molar-refractivity contribution in [2.75, 3.05) is 18.4 Å². The molecule has 3 nitrogen and oxygen atoms in total. The summed E-state index contributed by atoms with van der Waals surface area (Å²) in [4.78, 5) is 11.4. The first-order valence-electron chi connectivity index (χ1n) is 4.52. The molecule has 84 valence electrons. The second-order valence-corrected chi connectivity index (χ2v) is 4.14. The lowest BCUT2D eigenvalue weighted by molar-refractivity contribution is -0.115. The Morgan fingerprint density at radius 3 is 2.94 bits per heavy atom. The Balaban J connectivity index is 2.53. The van der Waals surface area contributed by atoms with Gasteiger partial charge in [-0.2, -0.15) is 0 Å². The van der Waals surface area contributed by atoms with Crippen molar-refractivity contribution in [3.8, 4) is 12.3 Å². The number of hydrogen-bond acceptors (Lipinski definition) is 2. The molecule has 0 aliphatic carbocycles. The quantitative estimate of drug-likeness (QED) is 0.500. The molecule has 1 amide bonds. The largest absolute Gasteiger partial charge is 0.324 e. The lowest BCUT2D eigenvalue weighted by Gasteiger charge is -2.07. The normalized spacial score (nSPS) is 9.56. The predicted octanol–water partition coefficient (Wildman–Crippen LogP) is 1.59. The van der Waals surface area contributed by atoms with Crippen LogP contribution in [-0.2, 0) is 4.79 Å². The SMILES string of the molecule is C#CCNCC(=O)Nc1ccc(F)cc1I. The van der Waals surface area contributed by atoms with Crippen molar-refractivity contribution in [1.29, 1.82) is 0 Å². The van der Waals surface area contributed by atoms with Crippen LogP contribution in [0.15, 0.2) is 18.2 Å². The van der Waals surface area contributed by atoms with Gasteiger partial charge in [0, 0.05) is 3.57 Å². The van der Waals surface area contributed by atoms with Gasteiger partial charge in [-0.1, -0.05) is 5.92 Å². The molecule has 1 rings (SSSR count). The van der Waals surface area contributed by atoms with E-state index in [0.717, 1.165) is 0 Å². The predicted molar refractivity (Wildman–Crippen MR) is 69.4 cm³/mol. The van der Waals surface area contributed by atoms with Crippen LogP contribution < -0.4 is 10.6 Å². The standard InChI is InChI=1S/C11H10FIN2O/c1-2-5-14-7-11(16)15-10-4-3-8(12)6-9(10)13/h1,3-4,6,14H,5,7H2,(H,15,16). The van der Waals surface area contributed by atoms with Gasteiger partial charge >= 0.3 is 0 Å². The number of halogens is 2. The molecule has 0 fully saturated rings. The fourth-order valence-electron chi connectivity index (χ4n) is 1.03. The van der Waals surface area contributed by atoms with Crippen molar-refractivity contribution in [1.82, 2.24) is 5.32 Å². The summed E-state index contributed by atoms with van der Waals surface area (Å²) in [5.74, 6) is 1.83. The van der Waals surface area contributed by atoms with Crippen molar-refractivity contribution in [3.63, 3.8) is 0 Å². The average molecular weight is 332 g/mol. The van der Waals surface area contributed by atoms with Crippen LogP contribution in [0.25, 0.3) is 0 Å². The van der Waals surface area contributed by atoms with Crippen molar-refractivity contribution >= 4 is 34.2 Å². The minimum atomic E-state index is -0.326. The van der Waals surface area contributed by atoms with Gasteiger partial charge in [0.2, 0.25) is 5.91 Å². The van der Waals surface area contributed by atoms with E-state index < -0.39 is 0 Å². The molecule has 1 aromatic rings. The van der Waals surface area contributed by atoms with Crippen molar-refractivity contribution in [2.24, 2.45) is 0 Å². The van der Waals surface area contributed by atoms with Crippen LogP contribution in [0.2, 0.25) is 0 Å². The molecule has 2 N–H and O–H groups in total. The maximum Gasteiger partial charge on any atom is 0.238 e. The number of benzene rings is 1. The summed E-state index contributed by atoms with van der Waals surface area (Å²) in [7, 11) is 0. The molecule has 16 heavy (non-hydrogen) atoms. The minimum absolute atomic E-state index is 0.137. The van der Waals surface area contributed by atoms with Gasteiger partial charge in [-0.3, -0.25) is 10.1 Å². The van der Waals surface area contributed by atoms with Gasteiger partial charge in [0.1, 0.15) is 5.82 Å². The van der Waals surface area contributed by atoms with Crippen LogP contribution in [0.1, 0.15) is 0 Å². The first-order chi connectivity index (χ1) is 7.63. The zero-order valence-corrected chi connectivity index (χ0v) is 10.5. The number of rotatable bonds is 4.